The summed E-state index contributed by atoms with van der Waals surface area (Å²) in [7, 11) is 0. The Balaban J connectivity index is 1.52. The quantitative estimate of drug-likeness (QED) is 0.0800. The topological polar surface area (TPSA) is 93.7 Å². The third-order valence-corrected chi connectivity index (χ3v) is 8.74. The van der Waals surface area contributed by atoms with Crippen LogP contribution in [0.1, 0.15) is 131 Å². The van der Waals surface area contributed by atoms with Crippen LogP contribution in [0.15, 0.2) is 41.3 Å². The predicted octanol–water partition coefficient (Wildman–Crippen LogP) is 8.97. The highest BCUT2D eigenvalue weighted by atomic mass is 32.2. The minimum absolute atomic E-state index is 0.143. The van der Waals surface area contributed by atoms with E-state index in [-0.39, 0.29) is 29.9 Å². The highest BCUT2D eigenvalue weighted by molar-refractivity contribution is 8.13. The first-order valence-electron chi connectivity index (χ1n) is 16.9. The number of carbonyl (C=O) groups excluding carboxylic acids is 3. The zero-order chi connectivity index (χ0) is 32.3. The lowest BCUT2D eigenvalue weighted by Crippen LogP contribution is -2.56. The standard InChI is InChI=1S/C36H58N2O5S/c1-6-7-8-9-10-11-12-13-14-15-16-17-18-19-20-21-32(40)44-30-24-22-29(23-25-30)38-31(39)26-27-37-34(41)33-35(2,3)28-42-36(4,5)43-33/h13-14,22-25,33H,6-12,15-21,26-28H2,1-5H3,(H,37,41)(H,38,39). The summed E-state index contributed by atoms with van der Waals surface area (Å²) in [6.07, 6.45) is 20.9. The molecule has 1 unspecified atom stereocenters. The molecule has 1 aliphatic heterocycles. The SMILES string of the molecule is CCCCCCCCC=CCCCCCCCC(=O)Sc1ccc(NC(=O)CCNC(=O)C2OC(C)(C)OCC2(C)C)cc1. The van der Waals surface area contributed by atoms with Gasteiger partial charge in [-0.3, -0.25) is 14.4 Å². The zero-order valence-corrected chi connectivity index (χ0v) is 28.8. The fourth-order valence-electron chi connectivity index (χ4n) is 5.07. The van der Waals surface area contributed by atoms with Gasteiger partial charge in [0.05, 0.1) is 6.61 Å². The molecule has 0 radical (unpaired) electrons. The van der Waals surface area contributed by atoms with E-state index in [2.05, 4.69) is 29.7 Å². The molecule has 2 amide bonds. The molecular formula is C36H58N2O5S. The number of thioether (sulfide) groups is 1. The van der Waals surface area contributed by atoms with Crippen molar-refractivity contribution >= 4 is 34.4 Å². The van der Waals surface area contributed by atoms with Crippen molar-refractivity contribution in [2.75, 3.05) is 18.5 Å². The lowest BCUT2D eigenvalue weighted by atomic mass is 9.85. The molecule has 7 nitrogen and oxygen atoms in total. The molecule has 1 aromatic rings. The van der Waals surface area contributed by atoms with E-state index < -0.39 is 17.3 Å². The van der Waals surface area contributed by atoms with Crippen LogP contribution in [0.4, 0.5) is 5.69 Å². The summed E-state index contributed by atoms with van der Waals surface area (Å²) in [6.45, 7) is 10.3. The summed E-state index contributed by atoms with van der Waals surface area (Å²) in [5, 5.41) is 5.84. The third-order valence-electron chi connectivity index (χ3n) is 7.81. The molecule has 2 N–H and O–H groups in total. The summed E-state index contributed by atoms with van der Waals surface area (Å²) in [4.78, 5) is 38.4. The highest BCUT2D eigenvalue weighted by Crippen LogP contribution is 2.34. The smallest absolute Gasteiger partial charge is 0.249 e. The summed E-state index contributed by atoms with van der Waals surface area (Å²) in [6, 6.07) is 7.31. The van der Waals surface area contributed by atoms with Gasteiger partial charge in [-0.2, -0.15) is 0 Å². The number of allylic oxidation sites excluding steroid dienone is 2. The Hall–Kier alpha value is -2.16. The summed E-state index contributed by atoms with van der Waals surface area (Å²) in [5.74, 6) is -1.26. The molecule has 1 aromatic carbocycles. The van der Waals surface area contributed by atoms with Crippen molar-refractivity contribution in [3.63, 3.8) is 0 Å². The van der Waals surface area contributed by atoms with Crippen LogP contribution in [0, 0.1) is 5.41 Å². The maximum atomic E-state index is 12.7. The van der Waals surface area contributed by atoms with Crippen molar-refractivity contribution in [3.05, 3.63) is 36.4 Å². The van der Waals surface area contributed by atoms with Gasteiger partial charge in [0.15, 0.2) is 10.9 Å². The summed E-state index contributed by atoms with van der Waals surface area (Å²) in [5.41, 5.74) is 0.193. The Morgan fingerprint density at radius 2 is 1.43 bits per heavy atom. The number of rotatable bonds is 21. The number of benzene rings is 1. The van der Waals surface area contributed by atoms with Gasteiger partial charge in [0.25, 0.3) is 0 Å². The second-order valence-electron chi connectivity index (χ2n) is 13.1. The number of unbranched alkanes of at least 4 members (excludes halogenated alkanes) is 11. The average Bonchev–Trinajstić information content (AvgIpc) is 2.97. The van der Waals surface area contributed by atoms with Crippen LogP contribution >= 0.6 is 11.8 Å². The average molecular weight is 631 g/mol. The van der Waals surface area contributed by atoms with E-state index in [0.717, 1.165) is 17.7 Å². The van der Waals surface area contributed by atoms with Crippen LogP contribution in [0.3, 0.4) is 0 Å². The van der Waals surface area contributed by atoms with Crippen LogP contribution in [-0.2, 0) is 23.9 Å². The van der Waals surface area contributed by atoms with Crippen LogP contribution in [-0.4, -0.2) is 42.0 Å². The maximum Gasteiger partial charge on any atom is 0.249 e. The largest absolute Gasteiger partial charge is 0.353 e. The molecule has 2 rings (SSSR count). The third kappa shape index (κ3) is 16.2. The van der Waals surface area contributed by atoms with Gasteiger partial charge < -0.3 is 20.1 Å². The number of anilines is 1. The Kier molecular flexibility index (Phi) is 18.0. The van der Waals surface area contributed by atoms with Crippen molar-refractivity contribution in [1.29, 1.82) is 0 Å². The molecule has 1 aliphatic rings. The Morgan fingerprint density at radius 3 is 2.07 bits per heavy atom. The van der Waals surface area contributed by atoms with Crippen LogP contribution in [0.2, 0.25) is 0 Å². The number of hydrogen-bond donors (Lipinski definition) is 2. The molecule has 0 aliphatic carbocycles. The first kappa shape index (κ1) is 38.0. The van der Waals surface area contributed by atoms with Crippen molar-refractivity contribution in [2.24, 2.45) is 5.41 Å². The van der Waals surface area contributed by atoms with Crippen LogP contribution in [0.5, 0.6) is 0 Å². The van der Waals surface area contributed by atoms with Crippen LogP contribution in [0.25, 0.3) is 0 Å². The molecule has 44 heavy (non-hydrogen) atoms. The number of amides is 2. The first-order valence-corrected chi connectivity index (χ1v) is 17.7. The van der Waals surface area contributed by atoms with Gasteiger partial charge in [-0.25, -0.2) is 0 Å². The second kappa shape index (κ2) is 20.8. The van der Waals surface area contributed by atoms with Gasteiger partial charge in [-0.15, -0.1) is 0 Å². The van der Waals surface area contributed by atoms with Crippen LogP contribution < -0.4 is 10.6 Å². The lowest BCUT2D eigenvalue weighted by Gasteiger charge is -2.44. The number of carbonyl (C=O) groups is 3. The Bertz CT molecular complexity index is 1020. The summed E-state index contributed by atoms with van der Waals surface area (Å²) >= 11 is 1.26. The monoisotopic (exact) mass is 630 g/mol. The highest BCUT2D eigenvalue weighted by Gasteiger charge is 2.45. The Morgan fingerprint density at radius 1 is 0.841 bits per heavy atom. The van der Waals surface area contributed by atoms with E-state index >= 15 is 0 Å². The van der Waals surface area contributed by atoms with E-state index in [1.165, 1.54) is 82.4 Å². The van der Waals surface area contributed by atoms with Crippen molar-refractivity contribution in [2.45, 2.75) is 148 Å². The van der Waals surface area contributed by atoms with E-state index in [1.54, 1.807) is 26.0 Å². The molecule has 0 aromatic heterocycles. The van der Waals surface area contributed by atoms with Gasteiger partial charge in [-0.05, 0) is 70.2 Å². The molecule has 248 valence electrons. The van der Waals surface area contributed by atoms with E-state index in [1.807, 2.05) is 26.0 Å². The lowest BCUT2D eigenvalue weighted by molar-refractivity contribution is -0.304. The van der Waals surface area contributed by atoms with Gasteiger partial charge >= 0.3 is 0 Å². The first-order chi connectivity index (χ1) is 21.0. The van der Waals surface area contributed by atoms with Gasteiger partial charge in [0, 0.05) is 35.4 Å². The van der Waals surface area contributed by atoms with Crippen molar-refractivity contribution < 1.29 is 23.9 Å². The molecule has 1 fully saturated rings. The molecular weight excluding hydrogens is 572 g/mol. The molecule has 1 heterocycles. The molecule has 1 saturated heterocycles. The predicted molar refractivity (Wildman–Crippen MR) is 182 cm³/mol. The zero-order valence-electron chi connectivity index (χ0n) is 28.0. The molecule has 0 bridgehead atoms. The van der Waals surface area contributed by atoms with Gasteiger partial charge in [0.1, 0.15) is 6.10 Å². The molecule has 0 saturated carbocycles. The van der Waals surface area contributed by atoms with E-state index in [4.69, 9.17) is 9.47 Å². The summed E-state index contributed by atoms with van der Waals surface area (Å²) < 4.78 is 11.5. The van der Waals surface area contributed by atoms with Gasteiger partial charge in [-0.1, -0.05) is 96.1 Å². The van der Waals surface area contributed by atoms with E-state index in [9.17, 15) is 14.4 Å². The van der Waals surface area contributed by atoms with Crippen molar-refractivity contribution in [3.8, 4) is 0 Å². The number of nitrogens with one attached hydrogen (secondary N) is 2. The number of hydrogen-bond acceptors (Lipinski definition) is 6. The maximum absolute atomic E-state index is 12.7. The normalized spacial score (nSPS) is 17.4. The number of ether oxygens (including phenoxy) is 2. The fraction of sp³-hybridized carbons (Fsp3) is 0.694. The van der Waals surface area contributed by atoms with Crippen molar-refractivity contribution in [1.82, 2.24) is 5.32 Å². The minimum Gasteiger partial charge on any atom is -0.353 e. The molecule has 1 atom stereocenters. The minimum atomic E-state index is -0.826. The van der Waals surface area contributed by atoms with E-state index in [0.29, 0.717) is 18.7 Å². The van der Waals surface area contributed by atoms with Gasteiger partial charge in [0.2, 0.25) is 11.8 Å². The molecule has 0 spiro atoms. The Labute approximate surface area is 271 Å². The second-order valence-corrected chi connectivity index (χ2v) is 14.2. The molecule has 8 heteroatoms. The fourth-order valence-corrected chi connectivity index (χ4v) is 5.85.